The van der Waals surface area contributed by atoms with Crippen molar-refractivity contribution in [1.82, 2.24) is 34.1 Å². The number of imidazole rings is 1. The number of unbranched alkanes of at least 4 members (excludes halogenated alkanes) is 2. The average molecular weight is 544 g/mol. The van der Waals surface area contributed by atoms with Crippen LogP contribution in [0, 0.1) is 0 Å². The molecule has 2 N–H and O–H groups in total. The Kier molecular flexibility index (Phi) is 8.02. The summed E-state index contributed by atoms with van der Waals surface area (Å²) < 4.78 is 35.9. The van der Waals surface area contributed by atoms with Gasteiger partial charge in [-0.1, -0.05) is 25.8 Å². The Morgan fingerprint density at radius 1 is 1.24 bits per heavy atom. The number of carboxylic acid groups (broad SMARTS) is 1. The van der Waals surface area contributed by atoms with E-state index in [0.29, 0.717) is 33.9 Å². The van der Waals surface area contributed by atoms with Crippen molar-refractivity contribution in [3.05, 3.63) is 51.0 Å². The Morgan fingerprint density at radius 3 is 2.59 bits per heavy atom. The van der Waals surface area contributed by atoms with Crippen LogP contribution >= 0.6 is 15.9 Å². The number of hydrogen-bond acceptors (Lipinski definition) is 6. The molecule has 0 bridgehead atoms. The Balaban J connectivity index is 0.000000406. The minimum Gasteiger partial charge on any atom is -0.475 e. The summed E-state index contributed by atoms with van der Waals surface area (Å²) in [5.41, 5.74) is 2.01. The normalized spacial score (nSPS) is 11.6. The van der Waals surface area contributed by atoms with Crippen LogP contribution in [0.5, 0.6) is 0 Å². The third kappa shape index (κ3) is 5.79. The summed E-state index contributed by atoms with van der Waals surface area (Å²) in [5.74, 6) is -1.56. The van der Waals surface area contributed by atoms with Crippen LogP contribution in [0.1, 0.15) is 37.6 Å². The number of nitrogens with zero attached hydrogens (tertiary/aromatic N) is 6. The molecular formula is C20H21BrF3N7O3. The first kappa shape index (κ1) is 25.3. The Bertz CT molecular complexity index is 1330. The van der Waals surface area contributed by atoms with E-state index >= 15 is 0 Å². The van der Waals surface area contributed by atoms with Gasteiger partial charge in [-0.25, -0.2) is 14.2 Å². The Labute approximate surface area is 199 Å². The summed E-state index contributed by atoms with van der Waals surface area (Å²) in [6.45, 7) is 2.90. The van der Waals surface area contributed by atoms with Gasteiger partial charge in [0.2, 0.25) is 5.78 Å². The molecule has 4 aromatic rings. The van der Waals surface area contributed by atoms with Crippen molar-refractivity contribution in [2.45, 2.75) is 51.7 Å². The third-order valence-corrected chi connectivity index (χ3v) is 5.25. The molecule has 0 aliphatic rings. The summed E-state index contributed by atoms with van der Waals surface area (Å²) in [7, 11) is 0. The van der Waals surface area contributed by atoms with Crippen molar-refractivity contribution in [2.75, 3.05) is 0 Å². The van der Waals surface area contributed by atoms with Crippen LogP contribution in [0.25, 0.3) is 16.9 Å². The predicted molar refractivity (Wildman–Crippen MR) is 119 cm³/mol. The summed E-state index contributed by atoms with van der Waals surface area (Å²) in [5, 5.41) is 15.7. The fourth-order valence-electron chi connectivity index (χ4n) is 3.27. The summed E-state index contributed by atoms with van der Waals surface area (Å²) >= 11 is 3.34. The number of H-pyrrole nitrogens is 1. The number of rotatable bonds is 7. The first-order valence-electron chi connectivity index (χ1n) is 10.3. The number of pyridine rings is 1. The zero-order valence-corrected chi connectivity index (χ0v) is 19.6. The standard InChI is InChI=1S/C18H20BrN7O.C2HF3O2/c1-2-3-4-10-25-15-14(21-17(19)22-15)16(27)26-13(23-24-18(25)26)8-7-12-6-5-9-20-11-12;3-2(4,5)1(6)7/h5-6,9,11H,2-4,7-8,10H2,1H3,(H,21,22);(H,6,7). The van der Waals surface area contributed by atoms with Crippen LogP contribution in [-0.4, -0.2) is 51.4 Å². The number of nitrogens with one attached hydrogen (secondary N) is 1. The summed E-state index contributed by atoms with van der Waals surface area (Å²) in [6, 6.07) is 3.92. The van der Waals surface area contributed by atoms with E-state index in [1.807, 2.05) is 22.9 Å². The lowest BCUT2D eigenvalue weighted by atomic mass is 10.1. The highest BCUT2D eigenvalue weighted by Gasteiger charge is 2.38. The number of alkyl halides is 3. The van der Waals surface area contributed by atoms with E-state index in [2.05, 4.69) is 48.0 Å². The lowest BCUT2D eigenvalue weighted by Crippen LogP contribution is -2.21. The second kappa shape index (κ2) is 10.8. The number of aryl methyl sites for hydroxylation is 3. The number of aliphatic carboxylic acids is 1. The van der Waals surface area contributed by atoms with Crippen molar-refractivity contribution < 1.29 is 23.1 Å². The number of carbonyl (C=O) groups is 1. The van der Waals surface area contributed by atoms with Gasteiger partial charge >= 0.3 is 12.1 Å². The molecular weight excluding hydrogens is 523 g/mol. The monoisotopic (exact) mass is 543 g/mol. The number of aromatic nitrogens is 7. The zero-order chi connectivity index (χ0) is 24.9. The van der Waals surface area contributed by atoms with Crippen LogP contribution < -0.4 is 5.56 Å². The van der Waals surface area contributed by atoms with Gasteiger partial charge in [0.1, 0.15) is 5.82 Å². The van der Waals surface area contributed by atoms with Gasteiger partial charge in [0.15, 0.2) is 15.9 Å². The molecule has 4 rings (SSSR count). The minimum absolute atomic E-state index is 0.170. The van der Waals surface area contributed by atoms with E-state index < -0.39 is 12.1 Å². The lowest BCUT2D eigenvalue weighted by molar-refractivity contribution is -0.192. The molecule has 0 amide bonds. The Hall–Kier alpha value is -3.29. The molecule has 0 aliphatic carbocycles. The third-order valence-electron chi connectivity index (χ3n) is 4.87. The molecule has 4 heterocycles. The van der Waals surface area contributed by atoms with Crippen LogP contribution in [0.15, 0.2) is 34.1 Å². The molecule has 4 aromatic heterocycles. The van der Waals surface area contributed by atoms with E-state index in [-0.39, 0.29) is 5.56 Å². The highest BCUT2D eigenvalue weighted by atomic mass is 79.9. The molecule has 0 aromatic carbocycles. The number of hydrogen-bond donors (Lipinski definition) is 2. The highest BCUT2D eigenvalue weighted by Crippen LogP contribution is 2.17. The van der Waals surface area contributed by atoms with Gasteiger partial charge in [0.25, 0.3) is 5.56 Å². The molecule has 0 saturated heterocycles. The maximum Gasteiger partial charge on any atom is 0.490 e. The van der Waals surface area contributed by atoms with Crippen LogP contribution in [-0.2, 0) is 24.2 Å². The minimum atomic E-state index is -5.08. The average Bonchev–Trinajstić information content (AvgIpc) is 3.39. The maximum atomic E-state index is 13.0. The van der Waals surface area contributed by atoms with Crippen molar-refractivity contribution in [1.29, 1.82) is 0 Å². The van der Waals surface area contributed by atoms with Crippen molar-refractivity contribution in [3.63, 3.8) is 0 Å². The number of carboxylic acids is 1. The van der Waals surface area contributed by atoms with Gasteiger partial charge in [-0.3, -0.25) is 14.3 Å². The van der Waals surface area contributed by atoms with Gasteiger partial charge in [0, 0.05) is 25.4 Å². The van der Waals surface area contributed by atoms with E-state index in [0.717, 1.165) is 37.8 Å². The molecule has 0 atom stereocenters. The molecule has 0 radical (unpaired) electrons. The van der Waals surface area contributed by atoms with Gasteiger partial charge in [-0.2, -0.15) is 13.2 Å². The van der Waals surface area contributed by atoms with Crippen molar-refractivity contribution in [2.24, 2.45) is 0 Å². The van der Waals surface area contributed by atoms with E-state index in [9.17, 15) is 18.0 Å². The quantitative estimate of drug-likeness (QED) is 0.269. The van der Waals surface area contributed by atoms with Gasteiger partial charge in [-0.05, 0) is 40.4 Å². The highest BCUT2D eigenvalue weighted by molar-refractivity contribution is 9.10. The molecule has 0 aliphatic heterocycles. The van der Waals surface area contributed by atoms with E-state index in [4.69, 9.17) is 9.90 Å². The fourth-order valence-corrected chi connectivity index (χ4v) is 3.63. The summed E-state index contributed by atoms with van der Waals surface area (Å²) in [4.78, 5) is 33.5. The molecule has 182 valence electrons. The topological polar surface area (TPSA) is 131 Å². The molecule has 0 unspecified atom stereocenters. The summed E-state index contributed by atoms with van der Waals surface area (Å²) in [6.07, 6.45) is 3.06. The molecule has 14 heteroatoms. The zero-order valence-electron chi connectivity index (χ0n) is 18.0. The van der Waals surface area contributed by atoms with Crippen LogP contribution in [0.4, 0.5) is 13.2 Å². The Morgan fingerprint density at radius 2 is 1.97 bits per heavy atom. The molecule has 0 fully saturated rings. The van der Waals surface area contributed by atoms with Crippen molar-refractivity contribution >= 4 is 38.8 Å². The van der Waals surface area contributed by atoms with Gasteiger partial charge in [0.05, 0.1) is 0 Å². The number of halogens is 4. The number of fused-ring (bicyclic) bond motifs is 2. The second-order valence-electron chi connectivity index (χ2n) is 7.31. The molecule has 0 saturated carbocycles. The largest absolute Gasteiger partial charge is 0.490 e. The molecule has 34 heavy (non-hydrogen) atoms. The van der Waals surface area contributed by atoms with Gasteiger partial charge in [-0.15, -0.1) is 10.2 Å². The molecule has 0 spiro atoms. The predicted octanol–water partition coefficient (Wildman–Crippen LogP) is 3.53. The first-order valence-corrected chi connectivity index (χ1v) is 11.1. The van der Waals surface area contributed by atoms with Crippen LogP contribution in [0.3, 0.4) is 0 Å². The van der Waals surface area contributed by atoms with E-state index in [1.165, 1.54) is 0 Å². The maximum absolute atomic E-state index is 13.0. The van der Waals surface area contributed by atoms with E-state index in [1.54, 1.807) is 10.6 Å². The second-order valence-corrected chi connectivity index (χ2v) is 8.06. The van der Waals surface area contributed by atoms with Gasteiger partial charge < -0.3 is 10.1 Å². The van der Waals surface area contributed by atoms with Crippen LogP contribution in [0.2, 0.25) is 0 Å². The van der Waals surface area contributed by atoms with Crippen molar-refractivity contribution in [3.8, 4) is 0 Å². The number of aromatic amines is 1. The SMILES string of the molecule is CCCCCn1c2nc(Br)[nH]c2c(=O)n2c(CCc3cccnc3)nnc12.O=C(O)C(F)(F)F. The first-order chi connectivity index (χ1) is 16.1. The smallest absolute Gasteiger partial charge is 0.475 e. The fraction of sp³-hybridized carbons (Fsp3) is 0.400. The lowest BCUT2D eigenvalue weighted by Gasteiger charge is -2.09. The molecule has 10 nitrogen and oxygen atoms in total.